The Balaban J connectivity index is 1.51. The van der Waals surface area contributed by atoms with Crippen molar-refractivity contribution in [3.63, 3.8) is 0 Å². The maximum Gasteiger partial charge on any atom is 0.293 e. The van der Waals surface area contributed by atoms with Crippen LogP contribution in [0, 0.1) is 10.1 Å². The Morgan fingerprint density at radius 1 is 1.28 bits per heavy atom. The van der Waals surface area contributed by atoms with Gasteiger partial charge in [0.1, 0.15) is 23.3 Å². The molecule has 2 aromatic carbocycles. The molecule has 0 bridgehead atoms. The second-order valence-electron chi connectivity index (χ2n) is 7.88. The van der Waals surface area contributed by atoms with E-state index in [2.05, 4.69) is 5.32 Å². The Kier molecular flexibility index (Phi) is 6.45. The summed E-state index contributed by atoms with van der Waals surface area (Å²) in [5, 5.41) is 14.5. The van der Waals surface area contributed by atoms with Crippen molar-refractivity contribution in [2.24, 2.45) is 0 Å². The fourth-order valence-electron chi connectivity index (χ4n) is 4.07. The van der Waals surface area contributed by atoms with E-state index in [-0.39, 0.29) is 29.8 Å². The molecule has 1 N–H and O–H groups in total. The lowest BCUT2D eigenvalue weighted by molar-refractivity contribution is -0.384. The Hall–Kier alpha value is -3.33. The highest BCUT2D eigenvalue weighted by Gasteiger charge is 2.24. The Bertz CT molecular complexity index is 1020. The molecule has 0 radical (unpaired) electrons. The van der Waals surface area contributed by atoms with Gasteiger partial charge >= 0.3 is 0 Å². The third kappa shape index (κ3) is 4.62. The molecule has 1 atom stereocenters. The first-order valence-electron chi connectivity index (χ1n) is 10.8. The fraction of sp³-hybridized carbons (Fsp3) is 0.435. The first kappa shape index (κ1) is 21.9. The molecule has 2 aromatic rings. The Morgan fingerprint density at radius 3 is 2.78 bits per heavy atom. The van der Waals surface area contributed by atoms with E-state index in [1.165, 1.54) is 6.07 Å². The van der Waals surface area contributed by atoms with Gasteiger partial charge in [-0.15, -0.1) is 0 Å². The van der Waals surface area contributed by atoms with E-state index >= 15 is 0 Å². The van der Waals surface area contributed by atoms with Gasteiger partial charge in [0.2, 0.25) is 0 Å². The van der Waals surface area contributed by atoms with Crippen LogP contribution in [0.2, 0.25) is 0 Å². The summed E-state index contributed by atoms with van der Waals surface area (Å²) in [7, 11) is 0. The number of amides is 1. The maximum atomic E-state index is 12.8. The maximum absolute atomic E-state index is 12.8. The second kappa shape index (κ2) is 9.44. The summed E-state index contributed by atoms with van der Waals surface area (Å²) in [6.45, 7) is 6.83. The molecule has 1 saturated heterocycles. The first-order chi connectivity index (χ1) is 15.5. The highest BCUT2D eigenvalue weighted by molar-refractivity contribution is 5.95. The molecule has 0 saturated carbocycles. The third-order valence-electron chi connectivity index (χ3n) is 5.60. The number of nitrogens with one attached hydrogen (secondary N) is 1. The van der Waals surface area contributed by atoms with Crippen LogP contribution in [0.5, 0.6) is 11.5 Å². The molecule has 0 aromatic heterocycles. The summed E-state index contributed by atoms with van der Waals surface area (Å²) in [6, 6.07) is 8.44. The molecule has 4 rings (SSSR count). The van der Waals surface area contributed by atoms with E-state index in [1.807, 2.05) is 30.9 Å². The van der Waals surface area contributed by atoms with Crippen molar-refractivity contribution in [3.05, 3.63) is 57.1 Å². The van der Waals surface area contributed by atoms with Crippen molar-refractivity contribution in [1.29, 1.82) is 0 Å². The highest BCUT2D eigenvalue weighted by atomic mass is 16.6. The van der Waals surface area contributed by atoms with Crippen LogP contribution in [0.25, 0.3) is 0 Å². The van der Waals surface area contributed by atoms with E-state index in [1.54, 1.807) is 12.1 Å². The average molecular weight is 441 g/mol. The van der Waals surface area contributed by atoms with Crippen molar-refractivity contribution in [2.75, 3.05) is 37.8 Å². The molecular weight excluding hydrogens is 414 g/mol. The predicted molar refractivity (Wildman–Crippen MR) is 119 cm³/mol. The summed E-state index contributed by atoms with van der Waals surface area (Å²) in [5.74, 6) is 1.12. The quantitative estimate of drug-likeness (QED) is 0.520. The van der Waals surface area contributed by atoms with Gasteiger partial charge in [-0.1, -0.05) is 0 Å². The molecule has 0 spiro atoms. The number of fused-ring (bicyclic) bond motifs is 1. The van der Waals surface area contributed by atoms with E-state index < -0.39 is 4.92 Å². The molecule has 0 unspecified atom stereocenters. The van der Waals surface area contributed by atoms with Gasteiger partial charge in [-0.25, -0.2) is 0 Å². The highest BCUT2D eigenvalue weighted by Crippen LogP contribution is 2.35. The van der Waals surface area contributed by atoms with Crippen LogP contribution < -0.4 is 19.7 Å². The molecule has 0 aliphatic carbocycles. The number of rotatable bonds is 7. The minimum Gasteiger partial charge on any atom is -0.494 e. The molecular formula is C23H27N3O6. The smallest absolute Gasteiger partial charge is 0.293 e. The minimum absolute atomic E-state index is 0.0885. The average Bonchev–Trinajstić information content (AvgIpc) is 3.16. The zero-order valence-corrected chi connectivity index (χ0v) is 18.3. The molecule has 1 amide bonds. The van der Waals surface area contributed by atoms with Crippen molar-refractivity contribution in [2.45, 2.75) is 32.9 Å². The lowest BCUT2D eigenvalue weighted by atomic mass is 10.1. The van der Waals surface area contributed by atoms with Gasteiger partial charge in [0, 0.05) is 48.8 Å². The van der Waals surface area contributed by atoms with E-state index in [4.69, 9.17) is 14.2 Å². The molecule has 2 aliphatic rings. The predicted octanol–water partition coefficient (Wildman–Crippen LogP) is 3.08. The largest absolute Gasteiger partial charge is 0.494 e. The summed E-state index contributed by atoms with van der Waals surface area (Å²) in [6.07, 6.45) is 0.927. The number of carbonyl (C=O) groups is 1. The topological polar surface area (TPSA) is 103 Å². The molecule has 32 heavy (non-hydrogen) atoms. The number of anilines is 1. The van der Waals surface area contributed by atoms with Crippen LogP contribution in [0.3, 0.4) is 0 Å². The van der Waals surface area contributed by atoms with Gasteiger partial charge in [0.05, 0.1) is 24.7 Å². The number of ether oxygens (including phenoxy) is 3. The number of nitrogens with zero attached hydrogens (tertiary/aromatic N) is 2. The monoisotopic (exact) mass is 441 g/mol. The SMILES string of the molecule is CCOc1cc2c(cc1CNC(=O)c1ccc(N3CCOCC3)c([N+](=O)[O-])c1)O[C@@H](C)C2. The molecule has 2 heterocycles. The number of nitro groups is 1. The molecule has 170 valence electrons. The van der Waals surface area contributed by atoms with Gasteiger partial charge < -0.3 is 24.4 Å². The van der Waals surface area contributed by atoms with Crippen LogP contribution >= 0.6 is 0 Å². The zero-order chi connectivity index (χ0) is 22.7. The molecule has 2 aliphatic heterocycles. The van der Waals surface area contributed by atoms with Crippen molar-refractivity contribution in [1.82, 2.24) is 5.32 Å². The number of hydrogen-bond donors (Lipinski definition) is 1. The van der Waals surface area contributed by atoms with Crippen LogP contribution in [-0.2, 0) is 17.7 Å². The Labute approximate surface area is 186 Å². The van der Waals surface area contributed by atoms with Gasteiger partial charge in [-0.3, -0.25) is 14.9 Å². The van der Waals surface area contributed by atoms with E-state index in [9.17, 15) is 14.9 Å². The van der Waals surface area contributed by atoms with Gasteiger partial charge in [0.15, 0.2) is 0 Å². The minimum atomic E-state index is -0.451. The second-order valence-corrected chi connectivity index (χ2v) is 7.88. The lowest BCUT2D eigenvalue weighted by Gasteiger charge is -2.28. The number of hydrogen-bond acceptors (Lipinski definition) is 7. The Morgan fingerprint density at radius 2 is 2.06 bits per heavy atom. The summed E-state index contributed by atoms with van der Waals surface area (Å²) < 4.78 is 16.9. The van der Waals surface area contributed by atoms with Gasteiger partial charge in [-0.2, -0.15) is 0 Å². The normalized spacial score (nSPS) is 17.4. The van der Waals surface area contributed by atoms with Crippen molar-refractivity contribution >= 4 is 17.3 Å². The lowest BCUT2D eigenvalue weighted by Crippen LogP contribution is -2.36. The fourth-order valence-corrected chi connectivity index (χ4v) is 4.07. The zero-order valence-electron chi connectivity index (χ0n) is 18.3. The molecule has 9 heteroatoms. The summed E-state index contributed by atoms with van der Waals surface area (Å²) in [4.78, 5) is 25.9. The van der Waals surface area contributed by atoms with Crippen molar-refractivity contribution < 1.29 is 23.9 Å². The number of carbonyl (C=O) groups excluding carboxylic acids is 1. The standard InChI is InChI=1S/C23H27N3O6/c1-3-31-21-12-17-10-15(2)32-22(17)13-18(21)14-24-23(27)16-4-5-19(20(11-16)26(28)29)25-6-8-30-9-7-25/h4-5,11-13,15H,3,6-10,14H2,1-2H3,(H,24,27)/t15-/m0/s1. The van der Waals surface area contributed by atoms with Crippen LogP contribution in [0.4, 0.5) is 11.4 Å². The van der Waals surface area contributed by atoms with Crippen LogP contribution in [0.1, 0.15) is 35.3 Å². The van der Waals surface area contributed by atoms with Crippen LogP contribution in [-0.4, -0.2) is 49.8 Å². The molecule has 1 fully saturated rings. The van der Waals surface area contributed by atoms with Crippen molar-refractivity contribution in [3.8, 4) is 11.5 Å². The number of nitro benzene ring substituents is 1. The van der Waals surface area contributed by atoms with Gasteiger partial charge in [0.25, 0.3) is 11.6 Å². The third-order valence-corrected chi connectivity index (χ3v) is 5.60. The van der Waals surface area contributed by atoms with Gasteiger partial charge in [-0.05, 0) is 38.1 Å². The van der Waals surface area contributed by atoms with Crippen LogP contribution in [0.15, 0.2) is 30.3 Å². The summed E-state index contributed by atoms with van der Waals surface area (Å²) in [5.41, 5.74) is 2.53. The number of morpholine rings is 1. The van der Waals surface area contributed by atoms with E-state index in [0.29, 0.717) is 44.3 Å². The van der Waals surface area contributed by atoms with E-state index in [0.717, 1.165) is 23.3 Å². The number of benzene rings is 2. The summed E-state index contributed by atoms with van der Waals surface area (Å²) >= 11 is 0. The first-order valence-corrected chi connectivity index (χ1v) is 10.8. The molecule has 9 nitrogen and oxygen atoms in total.